The number of benzene rings is 1. The third-order valence-electron chi connectivity index (χ3n) is 5.49. The molecule has 1 aromatic rings. The molecule has 2 heteroatoms. The van der Waals surface area contributed by atoms with Gasteiger partial charge in [-0.05, 0) is 55.7 Å². The molecule has 1 saturated heterocycles. The van der Waals surface area contributed by atoms with Gasteiger partial charge < -0.3 is 10.6 Å². The molecule has 0 aromatic heterocycles. The van der Waals surface area contributed by atoms with Crippen molar-refractivity contribution in [3.05, 3.63) is 35.4 Å². The maximum atomic E-state index is 3.90. The third kappa shape index (κ3) is 3.67. The first kappa shape index (κ1) is 15.1. The van der Waals surface area contributed by atoms with Gasteiger partial charge in [-0.25, -0.2) is 0 Å². The van der Waals surface area contributed by atoms with Gasteiger partial charge in [0.15, 0.2) is 0 Å². The molecule has 1 heterocycles. The van der Waals surface area contributed by atoms with Crippen LogP contribution in [0.2, 0.25) is 0 Å². The van der Waals surface area contributed by atoms with E-state index in [2.05, 4.69) is 41.8 Å². The van der Waals surface area contributed by atoms with E-state index < -0.39 is 0 Å². The summed E-state index contributed by atoms with van der Waals surface area (Å²) < 4.78 is 0. The molecule has 1 aromatic carbocycles. The van der Waals surface area contributed by atoms with E-state index >= 15 is 0 Å². The Morgan fingerprint density at radius 2 is 1.86 bits per heavy atom. The Morgan fingerprint density at radius 3 is 2.62 bits per heavy atom. The average Bonchev–Trinajstić information content (AvgIpc) is 3.08. The molecule has 1 saturated carbocycles. The monoisotopic (exact) mass is 286 g/mol. The van der Waals surface area contributed by atoms with Gasteiger partial charge in [0.25, 0.3) is 0 Å². The van der Waals surface area contributed by atoms with Crippen molar-refractivity contribution in [3.63, 3.8) is 0 Å². The van der Waals surface area contributed by atoms with Crippen LogP contribution in [-0.2, 0) is 13.0 Å². The Bertz CT molecular complexity index is 437. The Hall–Kier alpha value is -0.860. The minimum Gasteiger partial charge on any atom is -0.314 e. The van der Waals surface area contributed by atoms with E-state index in [4.69, 9.17) is 0 Å². The number of hydrogen-bond acceptors (Lipinski definition) is 2. The van der Waals surface area contributed by atoms with E-state index in [1.54, 1.807) is 0 Å². The quantitative estimate of drug-likeness (QED) is 0.863. The Balaban J connectivity index is 1.61. The summed E-state index contributed by atoms with van der Waals surface area (Å²) in [5.74, 6) is 0.843. The van der Waals surface area contributed by atoms with Crippen molar-refractivity contribution in [1.82, 2.24) is 10.6 Å². The first-order valence-electron chi connectivity index (χ1n) is 8.92. The molecule has 1 aliphatic carbocycles. The summed E-state index contributed by atoms with van der Waals surface area (Å²) in [5.41, 5.74) is 2.99. The Morgan fingerprint density at radius 1 is 1.05 bits per heavy atom. The summed E-state index contributed by atoms with van der Waals surface area (Å²) in [6, 6.07) is 10.4. The van der Waals surface area contributed by atoms with Crippen LogP contribution >= 0.6 is 0 Å². The predicted molar refractivity (Wildman–Crippen MR) is 89.4 cm³/mol. The summed E-state index contributed by atoms with van der Waals surface area (Å²) in [6.45, 7) is 4.52. The molecule has 2 aliphatic rings. The lowest BCUT2D eigenvalue weighted by atomic mass is 9.79. The van der Waals surface area contributed by atoms with E-state index in [1.165, 1.54) is 56.2 Å². The zero-order chi connectivity index (χ0) is 14.5. The highest BCUT2D eigenvalue weighted by Gasteiger charge is 2.32. The van der Waals surface area contributed by atoms with E-state index in [9.17, 15) is 0 Å². The fraction of sp³-hybridized carbons (Fsp3) is 0.684. The van der Waals surface area contributed by atoms with Crippen LogP contribution in [0, 0.1) is 5.92 Å². The topological polar surface area (TPSA) is 24.1 Å². The van der Waals surface area contributed by atoms with Gasteiger partial charge in [-0.15, -0.1) is 0 Å². The molecule has 0 radical (unpaired) electrons. The first-order chi connectivity index (χ1) is 10.4. The van der Waals surface area contributed by atoms with Crippen LogP contribution in [0.25, 0.3) is 0 Å². The standard InChI is InChI=1S/C19H30N2/c1-2-15-8-3-4-9-16(15)14-21-19-11-6-5-10-17(19)18-12-7-13-20-18/h3-4,8-9,17-21H,2,5-7,10-14H2,1H3. The largest absolute Gasteiger partial charge is 0.314 e. The fourth-order valence-corrected chi connectivity index (χ4v) is 4.29. The predicted octanol–water partition coefficient (Wildman–Crippen LogP) is 3.65. The molecular weight excluding hydrogens is 256 g/mol. The van der Waals surface area contributed by atoms with Crippen LogP contribution in [-0.4, -0.2) is 18.6 Å². The molecule has 1 aliphatic heterocycles. The molecule has 0 spiro atoms. The van der Waals surface area contributed by atoms with Gasteiger partial charge in [0.1, 0.15) is 0 Å². The van der Waals surface area contributed by atoms with Gasteiger partial charge in [-0.1, -0.05) is 44.0 Å². The van der Waals surface area contributed by atoms with Crippen LogP contribution in [0.3, 0.4) is 0 Å². The summed E-state index contributed by atoms with van der Waals surface area (Å²) in [5, 5.41) is 7.64. The summed E-state index contributed by atoms with van der Waals surface area (Å²) in [7, 11) is 0. The van der Waals surface area contributed by atoms with Gasteiger partial charge in [-0.3, -0.25) is 0 Å². The van der Waals surface area contributed by atoms with Crippen molar-refractivity contribution in [2.45, 2.75) is 70.5 Å². The second kappa shape index (κ2) is 7.42. The van der Waals surface area contributed by atoms with Crippen molar-refractivity contribution in [2.24, 2.45) is 5.92 Å². The number of hydrogen-bond donors (Lipinski definition) is 2. The SMILES string of the molecule is CCc1ccccc1CNC1CCCCC1C1CCCN1. The third-order valence-corrected chi connectivity index (χ3v) is 5.49. The van der Waals surface area contributed by atoms with Crippen molar-refractivity contribution >= 4 is 0 Å². The highest BCUT2D eigenvalue weighted by atomic mass is 15.0. The lowest BCUT2D eigenvalue weighted by molar-refractivity contribution is 0.213. The molecule has 2 N–H and O–H groups in total. The number of rotatable bonds is 5. The van der Waals surface area contributed by atoms with Crippen molar-refractivity contribution in [1.29, 1.82) is 0 Å². The van der Waals surface area contributed by atoms with Crippen LogP contribution in [0.1, 0.15) is 56.6 Å². The maximum Gasteiger partial charge on any atom is 0.0210 e. The zero-order valence-electron chi connectivity index (χ0n) is 13.4. The molecule has 2 fully saturated rings. The molecule has 0 bridgehead atoms. The maximum absolute atomic E-state index is 3.90. The van der Waals surface area contributed by atoms with Crippen molar-refractivity contribution in [3.8, 4) is 0 Å². The van der Waals surface area contributed by atoms with Gasteiger partial charge >= 0.3 is 0 Å². The summed E-state index contributed by atoms with van der Waals surface area (Å²) in [4.78, 5) is 0. The van der Waals surface area contributed by atoms with Gasteiger partial charge in [0.05, 0.1) is 0 Å². The first-order valence-corrected chi connectivity index (χ1v) is 8.92. The van der Waals surface area contributed by atoms with Crippen molar-refractivity contribution < 1.29 is 0 Å². The molecule has 0 amide bonds. The Labute approximate surface area is 129 Å². The van der Waals surface area contributed by atoms with Crippen LogP contribution < -0.4 is 10.6 Å². The lowest BCUT2D eigenvalue weighted by Gasteiger charge is -2.36. The highest BCUT2D eigenvalue weighted by Crippen LogP contribution is 2.31. The van der Waals surface area contributed by atoms with Crippen LogP contribution in [0.4, 0.5) is 0 Å². The van der Waals surface area contributed by atoms with Gasteiger partial charge in [0.2, 0.25) is 0 Å². The van der Waals surface area contributed by atoms with Gasteiger partial charge in [-0.2, -0.15) is 0 Å². The molecule has 2 nitrogen and oxygen atoms in total. The van der Waals surface area contributed by atoms with E-state index in [0.717, 1.165) is 24.9 Å². The normalized spacial score (nSPS) is 29.7. The number of aryl methyl sites for hydroxylation is 1. The number of nitrogens with one attached hydrogen (secondary N) is 2. The van der Waals surface area contributed by atoms with E-state index in [0.29, 0.717) is 6.04 Å². The van der Waals surface area contributed by atoms with E-state index in [-0.39, 0.29) is 0 Å². The highest BCUT2D eigenvalue weighted by molar-refractivity contribution is 5.26. The average molecular weight is 286 g/mol. The van der Waals surface area contributed by atoms with Crippen molar-refractivity contribution in [2.75, 3.05) is 6.54 Å². The molecule has 116 valence electrons. The van der Waals surface area contributed by atoms with E-state index in [1.807, 2.05) is 0 Å². The second-order valence-electron chi connectivity index (χ2n) is 6.76. The molecule has 21 heavy (non-hydrogen) atoms. The summed E-state index contributed by atoms with van der Waals surface area (Å²) >= 11 is 0. The second-order valence-corrected chi connectivity index (χ2v) is 6.76. The molecule has 3 unspecified atom stereocenters. The van der Waals surface area contributed by atoms with Crippen LogP contribution in [0.15, 0.2) is 24.3 Å². The minimum atomic E-state index is 0.708. The smallest absolute Gasteiger partial charge is 0.0210 e. The molecule has 3 rings (SSSR count). The molecular formula is C19H30N2. The minimum absolute atomic E-state index is 0.708. The lowest BCUT2D eigenvalue weighted by Crippen LogP contribution is -2.46. The van der Waals surface area contributed by atoms with Crippen LogP contribution in [0.5, 0.6) is 0 Å². The fourth-order valence-electron chi connectivity index (χ4n) is 4.29. The summed E-state index contributed by atoms with van der Waals surface area (Å²) in [6.07, 6.45) is 9.47. The molecule has 3 atom stereocenters. The van der Waals surface area contributed by atoms with Gasteiger partial charge in [0, 0.05) is 18.6 Å². The Kier molecular flexibility index (Phi) is 5.32. The zero-order valence-corrected chi connectivity index (χ0v) is 13.4.